The van der Waals surface area contributed by atoms with Gasteiger partial charge < -0.3 is 9.80 Å². The van der Waals surface area contributed by atoms with Crippen LogP contribution in [0, 0.1) is 0 Å². The standard InChI is InChI=1S/C20H23N3O2S/c1-26-17-8-6-16(7-9-17)15-19(24)22-11-4-12-23(14-13-22)20(25)18-5-2-3-10-21-18/h2-3,5-10H,4,11-15H2,1H3. The predicted octanol–water partition coefficient (Wildman–Crippen LogP) is 2.72. The molecule has 2 heterocycles. The van der Waals surface area contributed by atoms with Gasteiger partial charge in [-0.25, -0.2) is 0 Å². The molecule has 0 N–H and O–H groups in total. The van der Waals surface area contributed by atoms with Crippen molar-refractivity contribution >= 4 is 23.6 Å². The summed E-state index contributed by atoms with van der Waals surface area (Å²) >= 11 is 1.69. The minimum absolute atomic E-state index is 0.0625. The first-order valence-electron chi connectivity index (χ1n) is 8.78. The molecule has 1 aliphatic heterocycles. The van der Waals surface area contributed by atoms with Crippen LogP contribution in [0.15, 0.2) is 53.6 Å². The maximum Gasteiger partial charge on any atom is 0.272 e. The van der Waals surface area contributed by atoms with Crippen LogP contribution in [0.2, 0.25) is 0 Å². The first-order chi connectivity index (χ1) is 12.7. The minimum Gasteiger partial charge on any atom is -0.341 e. The number of hydrogen-bond acceptors (Lipinski definition) is 4. The molecule has 1 aromatic heterocycles. The topological polar surface area (TPSA) is 53.5 Å². The van der Waals surface area contributed by atoms with Gasteiger partial charge in [0, 0.05) is 37.3 Å². The van der Waals surface area contributed by atoms with Crippen molar-refractivity contribution in [2.75, 3.05) is 32.4 Å². The summed E-state index contributed by atoms with van der Waals surface area (Å²) < 4.78 is 0. The van der Waals surface area contributed by atoms with Crippen LogP contribution in [0.25, 0.3) is 0 Å². The number of carbonyl (C=O) groups excluding carboxylic acids is 2. The number of benzene rings is 1. The van der Waals surface area contributed by atoms with E-state index in [-0.39, 0.29) is 11.8 Å². The Morgan fingerprint density at radius 1 is 1.00 bits per heavy atom. The van der Waals surface area contributed by atoms with E-state index in [2.05, 4.69) is 4.98 Å². The first kappa shape index (κ1) is 18.5. The summed E-state index contributed by atoms with van der Waals surface area (Å²) in [5.74, 6) is 0.0570. The zero-order chi connectivity index (χ0) is 18.4. The molecule has 1 aliphatic rings. The Kier molecular flexibility index (Phi) is 6.28. The number of amides is 2. The Bertz CT molecular complexity index is 749. The van der Waals surface area contributed by atoms with Crippen LogP contribution in [0.4, 0.5) is 0 Å². The molecule has 0 spiro atoms. The summed E-state index contributed by atoms with van der Waals surface area (Å²) in [7, 11) is 0. The van der Waals surface area contributed by atoms with Crippen LogP contribution in [-0.4, -0.2) is 59.0 Å². The molecule has 1 aromatic carbocycles. The summed E-state index contributed by atoms with van der Waals surface area (Å²) in [6, 6.07) is 13.5. The van der Waals surface area contributed by atoms with E-state index in [0.717, 1.165) is 12.0 Å². The summed E-state index contributed by atoms with van der Waals surface area (Å²) in [5.41, 5.74) is 1.49. The Balaban J connectivity index is 1.57. The Hall–Kier alpha value is -2.34. The molecular formula is C20H23N3O2S. The maximum absolute atomic E-state index is 12.6. The Morgan fingerprint density at radius 3 is 2.42 bits per heavy atom. The first-order valence-corrected chi connectivity index (χ1v) is 10.0. The third kappa shape index (κ3) is 4.64. The van der Waals surface area contributed by atoms with Crippen molar-refractivity contribution in [1.29, 1.82) is 0 Å². The number of nitrogens with zero attached hydrogens (tertiary/aromatic N) is 3. The molecule has 5 nitrogen and oxygen atoms in total. The van der Waals surface area contributed by atoms with Gasteiger partial charge in [-0.15, -0.1) is 11.8 Å². The number of thioether (sulfide) groups is 1. The summed E-state index contributed by atoms with van der Waals surface area (Å²) in [5, 5.41) is 0. The molecule has 0 unspecified atom stereocenters. The lowest BCUT2D eigenvalue weighted by molar-refractivity contribution is -0.130. The molecule has 0 saturated carbocycles. The van der Waals surface area contributed by atoms with Gasteiger partial charge in [-0.2, -0.15) is 0 Å². The SMILES string of the molecule is CSc1ccc(CC(=O)N2CCCN(C(=O)c3ccccn3)CC2)cc1. The van der Waals surface area contributed by atoms with Crippen LogP contribution >= 0.6 is 11.8 Å². The lowest BCUT2D eigenvalue weighted by atomic mass is 10.1. The van der Waals surface area contributed by atoms with Crippen LogP contribution < -0.4 is 0 Å². The maximum atomic E-state index is 12.6. The molecule has 0 radical (unpaired) electrons. The third-order valence-corrected chi connectivity index (χ3v) is 5.28. The van der Waals surface area contributed by atoms with Gasteiger partial charge in [-0.05, 0) is 42.5 Å². The molecule has 1 fully saturated rings. The highest BCUT2D eigenvalue weighted by atomic mass is 32.2. The molecule has 0 atom stereocenters. The summed E-state index contributed by atoms with van der Waals surface area (Å²) in [6.45, 7) is 2.46. The molecule has 2 aromatic rings. The van der Waals surface area contributed by atoms with E-state index in [1.165, 1.54) is 4.90 Å². The van der Waals surface area contributed by atoms with E-state index in [1.54, 1.807) is 35.0 Å². The second kappa shape index (κ2) is 8.85. The van der Waals surface area contributed by atoms with E-state index in [0.29, 0.717) is 38.3 Å². The van der Waals surface area contributed by atoms with Gasteiger partial charge in [0.1, 0.15) is 5.69 Å². The summed E-state index contributed by atoms with van der Waals surface area (Å²) in [6.07, 6.45) is 4.86. The Morgan fingerprint density at radius 2 is 1.73 bits per heavy atom. The Labute approximate surface area is 158 Å². The van der Waals surface area contributed by atoms with Gasteiger partial charge in [0.25, 0.3) is 5.91 Å². The average Bonchev–Trinajstić information content (AvgIpc) is 2.95. The fourth-order valence-corrected chi connectivity index (χ4v) is 3.46. The van der Waals surface area contributed by atoms with Crippen molar-refractivity contribution in [2.24, 2.45) is 0 Å². The third-order valence-electron chi connectivity index (χ3n) is 4.53. The zero-order valence-corrected chi connectivity index (χ0v) is 15.7. The zero-order valence-electron chi connectivity index (χ0n) is 14.9. The molecule has 0 aliphatic carbocycles. The molecule has 2 amide bonds. The lowest BCUT2D eigenvalue weighted by Gasteiger charge is -2.22. The quantitative estimate of drug-likeness (QED) is 0.778. The number of hydrogen-bond donors (Lipinski definition) is 0. The second-order valence-electron chi connectivity index (χ2n) is 6.27. The largest absolute Gasteiger partial charge is 0.341 e. The van der Waals surface area contributed by atoms with Crippen molar-refractivity contribution in [3.8, 4) is 0 Å². The van der Waals surface area contributed by atoms with Gasteiger partial charge >= 0.3 is 0 Å². The van der Waals surface area contributed by atoms with Gasteiger partial charge in [0.15, 0.2) is 0 Å². The number of pyridine rings is 1. The highest BCUT2D eigenvalue weighted by Gasteiger charge is 2.23. The fraction of sp³-hybridized carbons (Fsp3) is 0.350. The summed E-state index contributed by atoms with van der Waals surface area (Å²) in [4.78, 5) is 34.2. The number of aromatic nitrogens is 1. The van der Waals surface area contributed by atoms with Crippen LogP contribution in [0.1, 0.15) is 22.5 Å². The fourth-order valence-electron chi connectivity index (χ4n) is 3.05. The van der Waals surface area contributed by atoms with Gasteiger partial charge in [0.05, 0.1) is 6.42 Å². The lowest BCUT2D eigenvalue weighted by Crippen LogP contribution is -2.38. The van der Waals surface area contributed by atoms with Crippen LogP contribution in [-0.2, 0) is 11.2 Å². The number of carbonyl (C=O) groups is 2. The van der Waals surface area contributed by atoms with E-state index >= 15 is 0 Å². The number of rotatable bonds is 4. The van der Waals surface area contributed by atoms with Crippen LogP contribution in [0.5, 0.6) is 0 Å². The monoisotopic (exact) mass is 369 g/mol. The van der Waals surface area contributed by atoms with E-state index in [9.17, 15) is 9.59 Å². The van der Waals surface area contributed by atoms with E-state index in [4.69, 9.17) is 0 Å². The second-order valence-corrected chi connectivity index (χ2v) is 7.15. The minimum atomic E-state index is -0.0625. The molecule has 1 saturated heterocycles. The van der Waals surface area contributed by atoms with Crippen molar-refractivity contribution in [3.05, 3.63) is 59.9 Å². The van der Waals surface area contributed by atoms with Gasteiger partial charge in [-0.3, -0.25) is 14.6 Å². The molecule has 0 bridgehead atoms. The van der Waals surface area contributed by atoms with Crippen molar-refractivity contribution in [1.82, 2.24) is 14.8 Å². The van der Waals surface area contributed by atoms with Gasteiger partial charge in [-0.1, -0.05) is 18.2 Å². The van der Waals surface area contributed by atoms with Gasteiger partial charge in [0.2, 0.25) is 5.91 Å². The highest BCUT2D eigenvalue weighted by molar-refractivity contribution is 7.98. The molecular weight excluding hydrogens is 346 g/mol. The smallest absolute Gasteiger partial charge is 0.272 e. The van der Waals surface area contributed by atoms with E-state index < -0.39 is 0 Å². The molecule has 26 heavy (non-hydrogen) atoms. The molecule has 6 heteroatoms. The van der Waals surface area contributed by atoms with E-state index in [1.807, 2.05) is 41.5 Å². The van der Waals surface area contributed by atoms with Crippen molar-refractivity contribution in [3.63, 3.8) is 0 Å². The van der Waals surface area contributed by atoms with Crippen molar-refractivity contribution in [2.45, 2.75) is 17.7 Å². The molecule has 3 rings (SSSR count). The van der Waals surface area contributed by atoms with Crippen molar-refractivity contribution < 1.29 is 9.59 Å². The molecule has 136 valence electrons. The highest BCUT2D eigenvalue weighted by Crippen LogP contribution is 2.16. The predicted molar refractivity (Wildman–Crippen MR) is 103 cm³/mol. The normalized spacial score (nSPS) is 14.8. The van der Waals surface area contributed by atoms with Crippen LogP contribution in [0.3, 0.4) is 0 Å². The average molecular weight is 369 g/mol.